The Morgan fingerprint density at radius 2 is 2.14 bits per heavy atom. The van der Waals surface area contributed by atoms with Gasteiger partial charge in [-0.3, -0.25) is 9.57 Å². The lowest BCUT2D eigenvalue weighted by molar-refractivity contribution is 0.101. The molecule has 2 unspecified atom stereocenters. The number of fused-ring (bicyclic) bond motifs is 1. The maximum absolute atomic E-state index is 13.7. The van der Waals surface area contributed by atoms with E-state index in [4.69, 9.17) is 14.8 Å². The lowest BCUT2D eigenvalue weighted by Gasteiger charge is -2.14. The molecule has 0 saturated carbocycles. The van der Waals surface area contributed by atoms with Crippen LogP contribution in [-0.2, 0) is 24.3 Å². The summed E-state index contributed by atoms with van der Waals surface area (Å²) in [6, 6.07) is 12.2. The molecule has 1 aliphatic rings. The molecule has 0 bridgehead atoms. The summed E-state index contributed by atoms with van der Waals surface area (Å²) >= 11 is 0. The van der Waals surface area contributed by atoms with Gasteiger partial charge in [-0.25, -0.2) is 9.71 Å². The van der Waals surface area contributed by atoms with Gasteiger partial charge in [0, 0.05) is 36.6 Å². The lowest BCUT2D eigenvalue weighted by Crippen LogP contribution is -2.27. The number of nitriles is 1. The van der Waals surface area contributed by atoms with Crippen molar-refractivity contribution in [2.45, 2.75) is 30.2 Å². The van der Waals surface area contributed by atoms with E-state index in [1.54, 1.807) is 31.0 Å². The number of ether oxygens (including phenoxy) is 1. The summed E-state index contributed by atoms with van der Waals surface area (Å²) in [5.41, 5.74) is 2.26. The smallest absolute Gasteiger partial charge is 0.272 e. The number of hydrogen-bond donors (Lipinski definition) is 3. The Labute approximate surface area is 205 Å². The minimum atomic E-state index is -1.02. The van der Waals surface area contributed by atoms with Crippen molar-refractivity contribution in [2.24, 2.45) is 7.05 Å². The van der Waals surface area contributed by atoms with Gasteiger partial charge in [0.2, 0.25) is 5.95 Å². The van der Waals surface area contributed by atoms with Crippen molar-refractivity contribution < 1.29 is 13.9 Å². The average molecular weight is 493 g/mol. The Kier molecular flexibility index (Phi) is 7.39. The molecule has 1 aromatic carbocycles. The summed E-state index contributed by atoms with van der Waals surface area (Å²) in [5.74, 6) is -0.472. The fraction of sp³-hybridized carbons (Fsp3) is 0.240. The van der Waals surface area contributed by atoms with Gasteiger partial charge in [0.25, 0.3) is 5.91 Å². The van der Waals surface area contributed by atoms with Crippen molar-refractivity contribution in [1.82, 2.24) is 14.3 Å². The summed E-state index contributed by atoms with van der Waals surface area (Å²) < 4.78 is 32.5. The fourth-order valence-electron chi connectivity index (χ4n) is 3.98. The number of halogens is 1. The number of rotatable bonds is 7. The van der Waals surface area contributed by atoms with Crippen molar-refractivity contribution in [3.63, 3.8) is 0 Å². The van der Waals surface area contributed by atoms with E-state index in [9.17, 15) is 9.18 Å². The average Bonchev–Trinajstić information content (AvgIpc) is 3.10. The van der Waals surface area contributed by atoms with Crippen molar-refractivity contribution in [3.05, 3.63) is 77.1 Å². The van der Waals surface area contributed by atoms with E-state index in [1.165, 1.54) is 11.6 Å². The molecule has 35 heavy (non-hydrogen) atoms. The van der Waals surface area contributed by atoms with E-state index in [1.807, 2.05) is 24.3 Å². The third-order valence-corrected chi connectivity index (χ3v) is 6.99. The number of nitrogens with zero attached hydrogens (tertiary/aromatic N) is 3. The molecular weight excluding hydrogens is 467 g/mol. The normalized spacial score (nSPS) is 16.7. The van der Waals surface area contributed by atoms with Gasteiger partial charge in [0.15, 0.2) is 0 Å². The van der Waals surface area contributed by atoms with Crippen LogP contribution in [0.25, 0.3) is 6.08 Å². The van der Waals surface area contributed by atoms with Gasteiger partial charge in [-0.15, -0.1) is 0 Å². The maximum atomic E-state index is 13.7. The molecule has 1 aliphatic heterocycles. The topological polar surface area (TPSA) is 116 Å². The van der Waals surface area contributed by atoms with Gasteiger partial charge in [-0.1, -0.05) is 24.3 Å². The van der Waals surface area contributed by atoms with Crippen LogP contribution in [0.1, 0.15) is 40.2 Å². The van der Waals surface area contributed by atoms with Crippen molar-refractivity contribution in [1.29, 1.82) is 10.0 Å². The Hall–Kier alpha value is -3.81. The van der Waals surface area contributed by atoms with Crippen molar-refractivity contribution in [2.75, 3.05) is 12.4 Å². The summed E-state index contributed by atoms with van der Waals surface area (Å²) in [4.78, 5) is 17.2. The van der Waals surface area contributed by atoms with Crippen LogP contribution >= 0.6 is 0 Å². The van der Waals surface area contributed by atoms with Gasteiger partial charge in [0.05, 0.1) is 12.0 Å². The number of nitrogens with one attached hydrogen (secondary N) is 3. The minimum absolute atomic E-state index is 0.00446. The van der Waals surface area contributed by atoms with E-state index in [2.05, 4.69) is 27.2 Å². The largest absolute Gasteiger partial charge is 0.497 e. The lowest BCUT2D eigenvalue weighted by atomic mass is 10.0. The molecule has 2 atom stereocenters. The highest BCUT2D eigenvalue weighted by atomic mass is 32.2. The highest BCUT2D eigenvalue weighted by Crippen LogP contribution is 2.27. The number of hydrogen-bond acceptors (Lipinski definition) is 5. The second-order valence-corrected chi connectivity index (χ2v) is 9.41. The number of pyridine rings is 1. The molecule has 0 saturated heterocycles. The molecule has 0 spiro atoms. The molecule has 0 radical (unpaired) electrons. The monoisotopic (exact) mass is 492 g/mol. The third-order valence-electron chi connectivity index (χ3n) is 5.69. The first kappa shape index (κ1) is 24.3. The molecule has 2 aromatic heterocycles. The molecule has 3 N–H and O–H groups in total. The molecule has 0 aliphatic carbocycles. The second kappa shape index (κ2) is 10.6. The number of anilines is 1. The molecule has 10 heteroatoms. The third kappa shape index (κ3) is 5.65. The number of carbonyl (C=O) groups is 1. The number of carbonyl (C=O) groups excluding carboxylic acids is 1. The first-order valence-electron chi connectivity index (χ1n) is 11.0. The zero-order valence-corrected chi connectivity index (χ0v) is 20.2. The zero-order chi connectivity index (χ0) is 24.9. The van der Waals surface area contributed by atoms with Crippen molar-refractivity contribution >= 4 is 28.5 Å². The zero-order valence-electron chi connectivity index (χ0n) is 19.3. The van der Waals surface area contributed by atoms with Gasteiger partial charge < -0.3 is 14.6 Å². The van der Waals surface area contributed by atoms with Gasteiger partial charge in [-0.2, -0.15) is 9.65 Å². The molecule has 1 amide bonds. The summed E-state index contributed by atoms with van der Waals surface area (Å²) in [6.07, 6.45) is 8.33. The van der Waals surface area contributed by atoms with Crippen LogP contribution in [0.5, 0.6) is 5.75 Å². The number of aromatic nitrogens is 2. The van der Waals surface area contributed by atoms with Crippen LogP contribution in [-0.4, -0.2) is 28.6 Å². The first-order valence-corrected chi connectivity index (χ1v) is 12.2. The van der Waals surface area contributed by atoms with Crippen LogP contribution in [0.3, 0.4) is 0 Å². The van der Waals surface area contributed by atoms with E-state index >= 15 is 0 Å². The van der Waals surface area contributed by atoms with Crippen molar-refractivity contribution in [3.8, 4) is 11.8 Å². The van der Waals surface area contributed by atoms with Crippen LogP contribution in [0, 0.1) is 22.1 Å². The Bertz CT molecular complexity index is 1340. The van der Waals surface area contributed by atoms with Crippen LogP contribution in [0.4, 0.5) is 10.1 Å². The van der Waals surface area contributed by atoms with Gasteiger partial charge >= 0.3 is 0 Å². The maximum Gasteiger partial charge on any atom is 0.272 e. The molecular formula is C25H25FN6O2S. The van der Waals surface area contributed by atoms with Crippen LogP contribution < -0.4 is 14.8 Å². The number of amides is 1. The molecule has 180 valence electrons. The Balaban J connectivity index is 1.47. The van der Waals surface area contributed by atoms with Gasteiger partial charge in [0.1, 0.15) is 23.2 Å². The molecule has 4 rings (SSSR count). The first-order chi connectivity index (χ1) is 16.9. The number of benzene rings is 1. The Morgan fingerprint density at radius 1 is 1.37 bits per heavy atom. The van der Waals surface area contributed by atoms with Crippen LogP contribution in [0.2, 0.25) is 0 Å². The second-order valence-electron chi connectivity index (χ2n) is 8.13. The molecule has 0 fully saturated rings. The predicted molar refractivity (Wildman–Crippen MR) is 133 cm³/mol. The quantitative estimate of drug-likeness (QED) is 0.424. The van der Waals surface area contributed by atoms with Gasteiger partial charge in [-0.05, 0) is 53.9 Å². The number of methoxy groups -OCH3 is 1. The summed E-state index contributed by atoms with van der Waals surface area (Å²) in [7, 11) is 2.36. The Morgan fingerprint density at radius 3 is 2.86 bits per heavy atom. The SMILES string of the molecule is COc1ccc(CCCC2C=Cc3c(cn(C)c3C(=O)Nc3cc(F)nc(C#N)c3)S(=N)N2)cc1. The molecule has 3 heterocycles. The van der Waals surface area contributed by atoms with E-state index in [-0.39, 0.29) is 17.4 Å². The number of aryl methyl sites for hydroxylation is 2. The van der Waals surface area contributed by atoms with E-state index < -0.39 is 22.7 Å². The molecule has 3 aromatic rings. The van der Waals surface area contributed by atoms with E-state index in [0.717, 1.165) is 31.1 Å². The molecule has 8 nitrogen and oxygen atoms in total. The summed E-state index contributed by atoms with van der Waals surface area (Å²) in [5, 5.41) is 11.6. The highest BCUT2D eigenvalue weighted by Gasteiger charge is 2.24. The fourth-order valence-corrected chi connectivity index (χ4v) is 5.25. The van der Waals surface area contributed by atoms with Crippen LogP contribution in [0.15, 0.2) is 53.6 Å². The summed E-state index contributed by atoms with van der Waals surface area (Å²) in [6.45, 7) is 0. The van der Waals surface area contributed by atoms with E-state index in [0.29, 0.717) is 16.2 Å². The highest BCUT2D eigenvalue weighted by molar-refractivity contribution is 7.84. The standard InChI is InChI=1S/C25H25FN6O2S/c1-32-15-22-21(24(32)25(33)30-18-12-19(14-27)29-23(26)13-18)11-8-17(31-35(22)28)5-3-4-16-6-9-20(34-2)10-7-16/h6-13,15,17H,3-5H2,1-2H3,(H2,28,31)(H,29,30,33). The minimum Gasteiger partial charge on any atom is -0.497 e. The predicted octanol–water partition coefficient (Wildman–Crippen LogP) is 4.35.